The van der Waals surface area contributed by atoms with Gasteiger partial charge in [-0.15, -0.1) is 0 Å². The number of carbonyl (C=O) groups excluding carboxylic acids is 1. The average molecular weight is 202 g/mol. The van der Waals surface area contributed by atoms with Crippen LogP contribution in [0.1, 0.15) is 27.7 Å². The number of methoxy groups -OCH3 is 1. The molecule has 0 radical (unpaired) electrons. The van der Waals surface area contributed by atoms with Gasteiger partial charge in [-0.2, -0.15) is 0 Å². The zero-order chi connectivity index (χ0) is 11.2. The normalized spacial score (nSPS) is 11.9. The fourth-order valence-electron chi connectivity index (χ4n) is 0.842. The molecular formula is C10H22N2O2. The molecule has 1 amide bonds. The van der Waals surface area contributed by atoms with E-state index in [1.54, 1.807) is 13.8 Å². The molecule has 0 aliphatic heterocycles. The molecule has 0 heterocycles. The smallest absolute Gasteiger partial charge is 0.251 e. The minimum Gasteiger partial charge on any atom is -0.369 e. The van der Waals surface area contributed by atoms with Crippen LogP contribution in [0.5, 0.6) is 0 Å². The summed E-state index contributed by atoms with van der Waals surface area (Å²) in [5.74, 6) is -0.0782. The van der Waals surface area contributed by atoms with E-state index in [0.717, 1.165) is 6.54 Å². The van der Waals surface area contributed by atoms with Crippen LogP contribution in [0.4, 0.5) is 0 Å². The minimum atomic E-state index is -0.738. The van der Waals surface area contributed by atoms with Gasteiger partial charge < -0.3 is 15.4 Å². The molecule has 0 aromatic heterocycles. The minimum absolute atomic E-state index is 0.0782. The van der Waals surface area contributed by atoms with Gasteiger partial charge in [0.1, 0.15) is 5.60 Å². The van der Waals surface area contributed by atoms with E-state index in [4.69, 9.17) is 4.74 Å². The lowest BCUT2D eigenvalue weighted by atomic mass is 10.1. The van der Waals surface area contributed by atoms with Crippen LogP contribution in [-0.2, 0) is 9.53 Å². The number of amides is 1. The molecule has 0 fully saturated rings. The highest BCUT2D eigenvalue weighted by Crippen LogP contribution is 2.06. The first kappa shape index (κ1) is 13.4. The quantitative estimate of drug-likeness (QED) is 0.618. The van der Waals surface area contributed by atoms with E-state index < -0.39 is 5.60 Å². The third kappa shape index (κ3) is 5.19. The van der Waals surface area contributed by atoms with Crippen LogP contribution in [0.25, 0.3) is 0 Å². The highest BCUT2D eigenvalue weighted by Gasteiger charge is 2.26. The lowest BCUT2D eigenvalue weighted by molar-refractivity contribution is -0.139. The molecule has 0 saturated heterocycles. The Morgan fingerprint density at radius 3 is 2.36 bits per heavy atom. The van der Waals surface area contributed by atoms with Crippen LogP contribution >= 0.6 is 0 Å². The van der Waals surface area contributed by atoms with Gasteiger partial charge in [-0.25, -0.2) is 0 Å². The lowest BCUT2D eigenvalue weighted by Gasteiger charge is -2.21. The van der Waals surface area contributed by atoms with Crippen LogP contribution in [0.2, 0.25) is 0 Å². The molecule has 0 bridgehead atoms. The molecule has 0 unspecified atom stereocenters. The van der Waals surface area contributed by atoms with E-state index in [0.29, 0.717) is 12.6 Å². The molecule has 14 heavy (non-hydrogen) atoms. The second kappa shape index (κ2) is 5.98. The van der Waals surface area contributed by atoms with E-state index in [9.17, 15) is 4.79 Å². The maximum absolute atomic E-state index is 11.5. The van der Waals surface area contributed by atoms with Gasteiger partial charge in [0.25, 0.3) is 5.91 Å². The Morgan fingerprint density at radius 1 is 1.36 bits per heavy atom. The van der Waals surface area contributed by atoms with Crippen molar-refractivity contribution in [2.24, 2.45) is 0 Å². The van der Waals surface area contributed by atoms with Crippen molar-refractivity contribution in [1.29, 1.82) is 0 Å². The summed E-state index contributed by atoms with van der Waals surface area (Å²) < 4.78 is 5.05. The molecule has 0 aliphatic carbocycles. The first-order valence-electron chi connectivity index (χ1n) is 4.97. The first-order chi connectivity index (χ1) is 6.40. The Kier molecular flexibility index (Phi) is 5.72. The molecule has 2 N–H and O–H groups in total. The predicted molar refractivity (Wildman–Crippen MR) is 57.2 cm³/mol. The molecule has 84 valence electrons. The SMILES string of the molecule is COC(C)(C)C(=O)NCCNC(C)C. The Hall–Kier alpha value is -0.610. The monoisotopic (exact) mass is 202 g/mol. The Labute approximate surface area is 86.4 Å². The van der Waals surface area contributed by atoms with Gasteiger partial charge >= 0.3 is 0 Å². The molecule has 0 aromatic rings. The molecular weight excluding hydrogens is 180 g/mol. The van der Waals surface area contributed by atoms with E-state index in [2.05, 4.69) is 24.5 Å². The summed E-state index contributed by atoms with van der Waals surface area (Å²) in [6, 6.07) is 0.447. The van der Waals surface area contributed by atoms with Gasteiger partial charge in [0.05, 0.1) is 0 Å². The summed E-state index contributed by atoms with van der Waals surface area (Å²) in [7, 11) is 1.53. The first-order valence-corrected chi connectivity index (χ1v) is 4.97. The van der Waals surface area contributed by atoms with Crippen molar-refractivity contribution in [2.45, 2.75) is 39.3 Å². The Morgan fingerprint density at radius 2 is 1.93 bits per heavy atom. The van der Waals surface area contributed by atoms with Crippen LogP contribution in [0.15, 0.2) is 0 Å². The van der Waals surface area contributed by atoms with Crippen molar-refractivity contribution in [1.82, 2.24) is 10.6 Å². The van der Waals surface area contributed by atoms with E-state index in [-0.39, 0.29) is 5.91 Å². The van der Waals surface area contributed by atoms with Crippen LogP contribution in [-0.4, -0.2) is 37.7 Å². The van der Waals surface area contributed by atoms with Crippen molar-refractivity contribution in [3.05, 3.63) is 0 Å². The summed E-state index contributed by atoms with van der Waals surface area (Å²) >= 11 is 0. The largest absolute Gasteiger partial charge is 0.369 e. The van der Waals surface area contributed by atoms with Crippen LogP contribution < -0.4 is 10.6 Å². The van der Waals surface area contributed by atoms with Crippen molar-refractivity contribution in [3.63, 3.8) is 0 Å². The lowest BCUT2D eigenvalue weighted by Crippen LogP contribution is -2.46. The number of carbonyl (C=O) groups is 1. The number of hydrogen-bond acceptors (Lipinski definition) is 3. The highest BCUT2D eigenvalue weighted by molar-refractivity contribution is 5.84. The highest BCUT2D eigenvalue weighted by atomic mass is 16.5. The Balaban J connectivity index is 3.64. The van der Waals surface area contributed by atoms with Gasteiger partial charge in [-0.05, 0) is 13.8 Å². The average Bonchev–Trinajstić information content (AvgIpc) is 2.11. The van der Waals surface area contributed by atoms with E-state index >= 15 is 0 Å². The van der Waals surface area contributed by atoms with Gasteiger partial charge in [0.2, 0.25) is 0 Å². The third-order valence-electron chi connectivity index (χ3n) is 2.02. The number of rotatable bonds is 6. The Bertz CT molecular complexity index is 179. The number of nitrogens with one attached hydrogen (secondary N) is 2. The fraction of sp³-hybridized carbons (Fsp3) is 0.900. The summed E-state index contributed by atoms with van der Waals surface area (Å²) in [5, 5.41) is 6.02. The number of ether oxygens (including phenoxy) is 1. The molecule has 0 atom stereocenters. The molecule has 0 saturated carbocycles. The third-order valence-corrected chi connectivity index (χ3v) is 2.02. The van der Waals surface area contributed by atoms with Crippen molar-refractivity contribution < 1.29 is 9.53 Å². The maximum atomic E-state index is 11.5. The van der Waals surface area contributed by atoms with Crippen LogP contribution in [0.3, 0.4) is 0 Å². The molecule has 4 heteroatoms. The molecule has 0 aliphatic rings. The second-order valence-electron chi connectivity index (χ2n) is 4.08. The predicted octanol–water partition coefficient (Wildman–Crippen LogP) is 0.526. The molecule has 4 nitrogen and oxygen atoms in total. The van der Waals surface area contributed by atoms with E-state index in [1.165, 1.54) is 7.11 Å². The second-order valence-corrected chi connectivity index (χ2v) is 4.08. The molecule has 0 spiro atoms. The van der Waals surface area contributed by atoms with Crippen molar-refractivity contribution in [2.75, 3.05) is 20.2 Å². The van der Waals surface area contributed by atoms with Gasteiger partial charge in [0.15, 0.2) is 0 Å². The standard InChI is InChI=1S/C10H22N2O2/c1-8(2)11-6-7-12-9(13)10(3,4)14-5/h8,11H,6-7H2,1-5H3,(H,12,13). The van der Waals surface area contributed by atoms with Crippen molar-refractivity contribution in [3.8, 4) is 0 Å². The van der Waals surface area contributed by atoms with Gasteiger partial charge in [0, 0.05) is 26.2 Å². The maximum Gasteiger partial charge on any atom is 0.251 e. The summed E-state index contributed by atoms with van der Waals surface area (Å²) in [6.45, 7) is 9.05. The fourth-order valence-corrected chi connectivity index (χ4v) is 0.842. The van der Waals surface area contributed by atoms with Gasteiger partial charge in [-0.3, -0.25) is 4.79 Å². The van der Waals surface area contributed by atoms with E-state index in [1.807, 2.05) is 0 Å². The zero-order valence-corrected chi connectivity index (χ0v) is 9.81. The topological polar surface area (TPSA) is 50.4 Å². The number of hydrogen-bond donors (Lipinski definition) is 2. The summed E-state index contributed by atoms with van der Waals surface area (Å²) in [6.07, 6.45) is 0. The summed E-state index contributed by atoms with van der Waals surface area (Å²) in [5.41, 5.74) is -0.738. The van der Waals surface area contributed by atoms with Crippen LogP contribution in [0, 0.1) is 0 Å². The zero-order valence-electron chi connectivity index (χ0n) is 9.81. The summed E-state index contributed by atoms with van der Waals surface area (Å²) in [4.78, 5) is 11.5. The molecule has 0 aromatic carbocycles. The van der Waals surface area contributed by atoms with Crippen molar-refractivity contribution >= 4 is 5.91 Å². The molecule has 0 rings (SSSR count). The van der Waals surface area contributed by atoms with Gasteiger partial charge in [-0.1, -0.05) is 13.8 Å².